The summed E-state index contributed by atoms with van der Waals surface area (Å²) >= 11 is 0. The summed E-state index contributed by atoms with van der Waals surface area (Å²) in [7, 11) is 0. The summed E-state index contributed by atoms with van der Waals surface area (Å²) in [6, 6.07) is 3.62. The van der Waals surface area contributed by atoms with Crippen LogP contribution in [0.1, 0.15) is 37.6 Å². The molecule has 0 heterocycles. The number of benzene rings is 1. The van der Waals surface area contributed by atoms with Crippen LogP contribution < -0.4 is 11.1 Å². The maximum absolute atomic E-state index is 13.3. The molecule has 0 spiro atoms. The average molecular weight is 296 g/mol. The normalized spacial score (nSPS) is 12.0. The molecule has 1 unspecified atom stereocenters. The first kappa shape index (κ1) is 16.9. The Labute approximate surface area is 123 Å². The van der Waals surface area contributed by atoms with E-state index in [9.17, 15) is 14.0 Å². The number of rotatable bonds is 6. The maximum atomic E-state index is 13.3. The summed E-state index contributed by atoms with van der Waals surface area (Å²) in [5.74, 6) is -1.36. The highest BCUT2D eigenvalue weighted by molar-refractivity contribution is 5.92. The fraction of sp³-hybridized carbons (Fsp3) is 0.467. The Morgan fingerprint density at radius 1 is 1.33 bits per heavy atom. The van der Waals surface area contributed by atoms with Crippen LogP contribution in [0.2, 0.25) is 0 Å². The van der Waals surface area contributed by atoms with Gasteiger partial charge in [-0.15, -0.1) is 0 Å². The molecule has 0 aliphatic heterocycles. The minimum atomic E-state index is -0.940. The molecule has 5 nitrogen and oxygen atoms in total. The SMILES string of the molecule is CC(C)CCNC(=O)C(C)OC(=O)c1ccc(N)c(F)c1. The van der Waals surface area contributed by atoms with Gasteiger partial charge in [0.15, 0.2) is 6.10 Å². The fourth-order valence-corrected chi connectivity index (χ4v) is 1.56. The Balaban J connectivity index is 2.53. The van der Waals surface area contributed by atoms with Gasteiger partial charge in [0, 0.05) is 6.54 Å². The molecule has 0 fully saturated rings. The number of nitrogens with one attached hydrogen (secondary N) is 1. The molecule has 1 aromatic rings. The number of amides is 1. The zero-order valence-corrected chi connectivity index (χ0v) is 12.5. The van der Waals surface area contributed by atoms with Crippen LogP contribution >= 0.6 is 0 Å². The van der Waals surface area contributed by atoms with E-state index in [1.54, 1.807) is 0 Å². The molecule has 21 heavy (non-hydrogen) atoms. The zero-order chi connectivity index (χ0) is 16.0. The van der Waals surface area contributed by atoms with Crippen molar-refractivity contribution in [2.75, 3.05) is 12.3 Å². The lowest BCUT2D eigenvalue weighted by molar-refractivity contribution is -0.129. The smallest absolute Gasteiger partial charge is 0.339 e. The molecule has 1 rings (SSSR count). The van der Waals surface area contributed by atoms with Gasteiger partial charge in [0.2, 0.25) is 0 Å². The molecule has 0 radical (unpaired) electrons. The number of carbonyl (C=O) groups excluding carboxylic acids is 2. The number of anilines is 1. The van der Waals surface area contributed by atoms with Gasteiger partial charge in [-0.25, -0.2) is 9.18 Å². The number of hydrogen-bond acceptors (Lipinski definition) is 4. The Morgan fingerprint density at radius 3 is 2.57 bits per heavy atom. The summed E-state index contributed by atoms with van der Waals surface area (Å²) in [4.78, 5) is 23.5. The van der Waals surface area contributed by atoms with Crippen molar-refractivity contribution in [1.29, 1.82) is 0 Å². The van der Waals surface area contributed by atoms with Gasteiger partial charge in [-0.1, -0.05) is 13.8 Å². The van der Waals surface area contributed by atoms with Crippen molar-refractivity contribution in [2.45, 2.75) is 33.3 Å². The summed E-state index contributed by atoms with van der Waals surface area (Å²) < 4.78 is 18.3. The quantitative estimate of drug-likeness (QED) is 0.622. The van der Waals surface area contributed by atoms with E-state index in [-0.39, 0.29) is 17.2 Å². The van der Waals surface area contributed by atoms with Crippen molar-refractivity contribution in [3.63, 3.8) is 0 Å². The van der Waals surface area contributed by atoms with Crippen LogP contribution in [0.5, 0.6) is 0 Å². The lowest BCUT2D eigenvalue weighted by Gasteiger charge is -2.14. The Kier molecular flexibility index (Phi) is 6.14. The largest absolute Gasteiger partial charge is 0.449 e. The molecular formula is C15H21FN2O3. The van der Waals surface area contributed by atoms with Gasteiger partial charge in [0.05, 0.1) is 11.3 Å². The van der Waals surface area contributed by atoms with Crippen LogP contribution in [-0.2, 0) is 9.53 Å². The molecule has 0 aliphatic carbocycles. The van der Waals surface area contributed by atoms with Crippen LogP contribution in [0.15, 0.2) is 18.2 Å². The molecule has 0 bridgehead atoms. The van der Waals surface area contributed by atoms with E-state index in [0.29, 0.717) is 12.5 Å². The van der Waals surface area contributed by atoms with Crippen LogP contribution in [0.3, 0.4) is 0 Å². The number of halogens is 1. The summed E-state index contributed by atoms with van der Waals surface area (Å²) in [6.07, 6.45) is -0.0967. The number of hydrogen-bond donors (Lipinski definition) is 2. The summed E-state index contributed by atoms with van der Waals surface area (Å²) in [5.41, 5.74) is 5.29. The van der Waals surface area contributed by atoms with E-state index in [1.807, 2.05) is 13.8 Å². The molecule has 1 aromatic carbocycles. The third-order valence-corrected chi connectivity index (χ3v) is 2.91. The average Bonchev–Trinajstić information content (AvgIpc) is 2.41. The third kappa shape index (κ3) is 5.41. The predicted octanol–water partition coefficient (Wildman–Crippen LogP) is 2.12. The molecule has 0 aromatic heterocycles. The van der Waals surface area contributed by atoms with Crippen LogP contribution in [0, 0.1) is 11.7 Å². The molecule has 0 saturated carbocycles. The molecule has 1 atom stereocenters. The van der Waals surface area contributed by atoms with Gasteiger partial charge in [0.1, 0.15) is 5.82 Å². The predicted molar refractivity (Wildman–Crippen MR) is 78.2 cm³/mol. The molecule has 0 saturated heterocycles. The summed E-state index contributed by atoms with van der Waals surface area (Å²) in [5, 5.41) is 2.68. The first-order chi connectivity index (χ1) is 9.81. The van der Waals surface area contributed by atoms with E-state index in [0.717, 1.165) is 12.5 Å². The highest BCUT2D eigenvalue weighted by Gasteiger charge is 2.19. The Bertz CT molecular complexity index is 518. The fourth-order valence-electron chi connectivity index (χ4n) is 1.56. The van der Waals surface area contributed by atoms with Crippen molar-refractivity contribution in [3.05, 3.63) is 29.6 Å². The van der Waals surface area contributed by atoms with Crippen molar-refractivity contribution in [3.8, 4) is 0 Å². The molecular weight excluding hydrogens is 275 g/mol. The highest BCUT2D eigenvalue weighted by atomic mass is 19.1. The van der Waals surface area contributed by atoms with E-state index in [4.69, 9.17) is 10.5 Å². The lowest BCUT2D eigenvalue weighted by atomic mass is 10.1. The van der Waals surface area contributed by atoms with Gasteiger partial charge in [0.25, 0.3) is 5.91 Å². The molecule has 0 aliphatic rings. The molecule has 6 heteroatoms. The van der Waals surface area contributed by atoms with Crippen LogP contribution in [0.25, 0.3) is 0 Å². The monoisotopic (exact) mass is 296 g/mol. The van der Waals surface area contributed by atoms with E-state index >= 15 is 0 Å². The van der Waals surface area contributed by atoms with Crippen molar-refractivity contribution < 1.29 is 18.7 Å². The minimum Gasteiger partial charge on any atom is -0.449 e. The van der Waals surface area contributed by atoms with E-state index in [2.05, 4.69) is 5.32 Å². The van der Waals surface area contributed by atoms with Gasteiger partial charge in [-0.3, -0.25) is 4.79 Å². The third-order valence-electron chi connectivity index (χ3n) is 2.91. The maximum Gasteiger partial charge on any atom is 0.339 e. The summed E-state index contributed by atoms with van der Waals surface area (Å²) in [6.45, 7) is 6.08. The van der Waals surface area contributed by atoms with Crippen LogP contribution in [0.4, 0.5) is 10.1 Å². The Hall–Kier alpha value is -2.11. The van der Waals surface area contributed by atoms with Crippen molar-refractivity contribution >= 4 is 17.6 Å². The first-order valence-corrected chi connectivity index (χ1v) is 6.85. The second-order valence-corrected chi connectivity index (χ2v) is 5.26. The number of ether oxygens (including phenoxy) is 1. The van der Waals surface area contributed by atoms with Gasteiger partial charge in [-0.05, 0) is 37.5 Å². The van der Waals surface area contributed by atoms with Crippen molar-refractivity contribution in [1.82, 2.24) is 5.32 Å². The lowest BCUT2D eigenvalue weighted by Crippen LogP contribution is -2.36. The first-order valence-electron chi connectivity index (χ1n) is 6.85. The van der Waals surface area contributed by atoms with Gasteiger partial charge in [-0.2, -0.15) is 0 Å². The molecule has 3 N–H and O–H groups in total. The number of esters is 1. The Morgan fingerprint density at radius 2 is 2.00 bits per heavy atom. The second-order valence-electron chi connectivity index (χ2n) is 5.26. The van der Waals surface area contributed by atoms with E-state index < -0.39 is 17.9 Å². The highest BCUT2D eigenvalue weighted by Crippen LogP contribution is 2.13. The second kappa shape index (κ2) is 7.61. The number of nitrogens with two attached hydrogens (primary N) is 1. The van der Waals surface area contributed by atoms with Gasteiger partial charge < -0.3 is 15.8 Å². The zero-order valence-electron chi connectivity index (χ0n) is 12.5. The topological polar surface area (TPSA) is 81.4 Å². The molecule has 1 amide bonds. The van der Waals surface area contributed by atoms with Crippen LogP contribution in [-0.4, -0.2) is 24.5 Å². The molecule has 116 valence electrons. The van der Waals surface area contributed by atoms with Gasteiger partial charge >= 0.3 is 5.97 Å². The number of nitrogen functional groups attached to an aromatic ring is 1. The standard InChI is InChI=1S/C15H21FN2O3/c1-9(2)6-7-18-14(19)10(3)21-15(20)11-4-5-13(17)12(16)8-11/h4-5,8-10H,6-7,17H2,1-3H3,(H,18,19). The minimum absolute atomic E-state index is 0.0172. The number of carbonyl (C=O) groups is 2. The van der Waals surface area contributed by atoms with E-state index in [1.165, 1.54) is 19.1 Å². The van der Waals surface area contributed by atoms with Crippen molar-refractivity contribution in [2.24, 2.45) is 5.92 Å².